The number of nitrogens with zero attached hydrogens (tertiary/aromatic N) is 2. The molecular weight excluding hydrogens is 376 g/mol. The molecule has 6 nitrogen and oxygen atoms in total. The summed E-state index contributed by atoms with van der Waals surface area (Å²) in [6.45, 7) is 2.50. The topological polar surface area (TPSA) is 76.0 Å². The Kier molecular flexibility index (Phi) is 4.88. The third-order valence-electron chi connectivity index (χ3n) is 4.79. The molecule has 0 aliphatic carbocycles. The zero-order valence-corrected chi connectivity index (χ0v) is 16.0. The van der Waals surface area contributed by atoms with E-state index in [1.54, 1.807) is 16.8 Å². The van der Waals surface area contributed by atoms with Gasteiger partial charge in [0.1, 0.15) is 0 Å². The van der Waals surface area contributed by atoms with E-state index in [1.807, 2.05) is 49.4 Å². The van der Waals surface area contributed by atoms with Crippen molar-refractivity contribution >= 4 is 29.1 Å². The van der Waals surface area contributed by atoms with Gasteiger partial charge in [-0.05, 0) is 42.8 Å². The van der Waals surface area contributed by atoms with Crippen LogP contribution in [0.1, 0.15) is 34.1 Å². The van der Waals surface area contributed by atoms with Crippen molar-refractivity contribution in [1.29, 1.82) is 0 Å². The molecule has 0 saturated carbocycles. The van der Waals surface area contributed by atoms with E-state index >= 15 is 0 Å². The standard InChI is InChI=1S/C21H19ClN4O2/c1-13-9-18(25-26(13)19-8-3-2-7-17(19)22)21(28)24-16-6-4-5-14(10-16)15-11-20(27)23-12-15/h2-10,15H,11-12H2,1H3,(H,23,27)(H,24,28). The van der Waals surface area contributed by atoms with Crippen molar-refractivity contribution in [2.75, 3.05) is 11.9 Å². The lowest BCUT2D eigenvalue weighted by molar-refractivity contribution is -0.119. The van der Waals surface area contributed by atoms with Gasteiger partial charge in [0.05, 0.1) is 10.7 Å². The van der Waals surface area contributed by atoms with Crippen LogP contribution in [0.25, 0.3) is 5.69 Å². The van der Waals surface area contributed by atoms with E-state index < -0.39 is 0 Å². The lowest BCUT2D eigenvalue weighted by Crippen LogP contribution is -2.14. The molecule has 1 aliphatic rings. The van der Waals surface area contributed by atoms with Crippen molar-refractivity contribution in [2.24, 2.45) is 0 Å². The fourth-order valence-corrected chi connectivity index (χ4v) is 3.57. The van der Waals surface area contributed by atoms with Gasteiger partial charge in [0.2, 0.25) is 5.91 Å². The molecule has 1 fully saturated rings. The number of rotatable bonds is 4. The number of anilines is 1. The Morgan fingerprint density at radius 3 is 2.79 bits per heavy atom. The number of carbonyl (C=O) groups is 2. The zero-order valence-electron chi connectivity index (χ0n) is 15.3. The predicted molar refractivity (Wildman–Crippen MR) is 108 cm³/mol. The first-order valence-electron chi connectivity index (χ1n) is 9.01. The van der Waals surface area contributed by atoms with E-state index in [1.165, 1.54) is 0 Å². The molecule has 3 aromatic rings. The highest BCUT2D eigenvalue weighted by atomic mass is 35.5. The summed E-state index contributed by atoms with van der Waals surface area (Å²) in [7, 11) is 0. The molecule has 0 bridgehead atoms. The average Bonchev–Trinajstić information content (AvgIpc) is 3.28. The molecule has 1 aromatic heterocycles. The van der Waals surface area contributed by atoms with Gasteiger partial charge in [0, 0.05) is 30.3 Å². The highest BCUT2D eigenvalue weighted by Gasteiger charge is 2.23. The van der Waals surface area contributed by atoms with Crippen LogP contribution in [0.2, 0.25) is 5.02 Å². The Morgan fingerprint density at radius 2 is 2.04 bits per heavy atom. The van der Waals surface area contributed by atoms with Crippen molar-refractivity contribution in [1.82, 2.24) is 15.1 Å². The second-order valence-electron chi connectivity index (χ2n) is 6.82. The van der Waals surface area contributed by atoms with Crippen LogP contribution in [0, 0.1) is 6.92 Å². The van der Waals surface area contributed by atoms with Crippen LogP contribution >= 0.6 is 11.6 Å². The SMILES string of the molecule is Cc1cc(C(=O)Nc2cccc(C3CNC(=O)C3)c2)nn1-c1ccccc1Cl. The van der Waals surface area contributed by atoms with Crippen LogP contribution in [-0.2, 0) is 4.79 Å². The van der Waals surface area contributed by atoms with E-state index in [4.69, 9.17) is 11.6 Å². The summed E-state index contributed by atoms with van der Waals surface area (Å²) in [6, 6.07) is 16.6. The number of para-hydroxylation sites is 1. The molecule has 0 radical (unpaired) electrons. The fraction of sp³-hybridized carbons (Fsp3) is 0.190. The Bertz CT molecular complexity index is 1060. The van der Waals surface area contributed by atoms with Gasteiger partial charge in [0.25, 0.3) is 5.91 Å². The molecule has 1 unspecified atom stereocenters. The number of hydrogen-bond acceptors (Lipinski definition) is 3. The summed E-state index contributed by atoms with van der Waals surface area (Å²) < 4.78 is 1.66. The van der Waals surface area contributed by atoms with Crippen LogP contribution in [0.15, 0.2) is 54.6 Å². The maximum absolute atomic E-state index is 12.7. The lowest BCUT2D eigenvalue weighted by Gasteiger charge is -2.10. The summed E-state index contributed by atoms with van der Waals surface area (Å²) in [5.41, 5.74) is 3.53. The smallest absolute Gasteiger partial charge is 0.276 e. The third kappa shape index (κ3) is 3.64. The average molecular weight is 395 g/mol. The van der Waals surface area contributed by atoms with Gasteiger partial charge in [-0.1, -0.05) is 35.9 Å². The number of aryl methyl sites for hydroxylation is 1. The molecule has 28 heavy (non-hydrogen) atoms. The summed E-state index contributed by atoms with van der Waals surface area (Å²) >= 11 is 6.25. The minimum atomic E-state index is -0.299. The normalized spacial score (nSPS) is 16.1. The first-order valence-corrected chi connectivity index (χ1v) is 9.38. The van der Waals surface area contributed by atoms with E-state index in [-0.39, 0.29) is 17.7 Å². The Hall–Kier alpha value is -3.12. The summed E-state index contributed by atoms with van der Waals surface area (Å²) in [4.78, 5) is 24.1. The maximum Gasteiger partial charge on any atom is 0.276 e. The van der Waals surface area contributed by atoms with Crippen LogP contribution in [0.5, 0.6) is 0 Å². The number of benzene rings is 2. The molecule has 4 rings (SSSR count). The quantitative estimate of drug-likeness (QED) is 0.708. The van der Waals surface area contributed by atoms with Gasteiger partial charge in [-0.25, -0.2) is 4.68 Å². The largest absolute Gasteiger partial charge is 0.355 e. The van der Waals surface area contributed by atoms with Crippen molar-refractivity contribution in [3.63, 3.8) is 0 Å². The van der Waals surface area contributed by atoms with E-state index in [0.717, 1.165) is 16.9 Å². The number of amides is 2. The lowest BCUT2D eigenvalue weighted by atomic mass is 9.98. The highest BCUT2D eigenvalue weighted by molar-refractivity contribution is 6.32. The van der Waals surface area contributed by atoms with Crippen LogP contribution in [0.4, 0.5) is 5.69 Å². The second-order valence-corrected chi connectivity index (χ2v) is 7.23. The minimum Gasteiger partial charge on any atom is -0.355 e. The van der Waals surface area contributed by atoms with Gasteiger partial charge >= 0.3 is 0 Å². The molecule has 0 spiro atoms. The Balaban J connectivity index is 1.54. The van der Waals surface area contributed by atoms with Crippen LogP contribution in [0.3, 0.4) is 0 Å². The first kappa shape index (κ1) is 18.3. The summed E-state index contributed by atoms with van der Waals surface area (Å²) in [5.74, 6) is -0.113. The molecule has 2 aromatic carbocycles. The van der Waals surface area contributed by atoms with Crippen LogP contribution < -0.4 is 10.6 Å². The molecule has 2 amide bonds. The first-order chi connectivity index (χ1) is 13.5. The Labute approximate surface area is 167 Å². The second kappa shape index (κ2) is 7.48. The molecule has 2 N–H and O–H groups in total. The highest BCUT2D eigenvalue weighted by Crippen LogP contribution is 2.26. The van der Waals surface area contributed by atoms with Gasteiger partial charge in [-0.2, -0.15) is 5.10 Å². The van der Waals surface area contributed by atoms with E-state index in [9.17, 15) is 9.59 Å². The molecule has 1 saturated heterocycles. The monoisotopic (exact) mass is 394 g/mol. The third-order valence-corrected chi connectivity index (χ3v) is 5.11. The van der Waals surface area contributed by atoms with Crippen molar-refractivity contribution in [2.45, 2.75) is 19.3 Å². The predicted octanol–water partition coefficient (Wildman–Crippen LogP) is 3.69. The van der Waals surface area contributed by atoms with E-state index in [0.29, 0.717) is 29.4 Å². The molecule has 1 atom stereocenters. The number of halogens is 1. The maximum atomic E-state index is 12.7. The van der Waals surface area contributed by atoms with Gasteiger partial charge < -0.3 is 10.6 Å². The molecule has 1 aliphatic heterocycles. The number of hydrogen-bond donors (Lipinski definition) is 2. The fourth-order valence-electron chi connectivity index (χ4n) is 3.36. The number of nitrogens with one attached hydrogen (secondary N) is 2. The molecular formula is C21H19ClN4O2. The van der Waals surface area contributed by atoms with Crippen molar-refractivity contribution in [3.05, 3.63) is 76.6 Å². The zero-order chi connectivity index (χ0) is 19.7. The number of aromatic nitrogens is 2. The minimum absolute atomic E-state index is 0.0556. The molecule has 2 heterocycles. The molecule has 7 heteroatoms. The van der Waals surface area contributed by atoms with Crippen molar-refractivity contribution < 1.29 is 9.59 Å². The van der Waals surface area contributed by atoms with Gasteiger partial charge in [-0.15, -0.1) is 0 Å². The molecule has 142 valence electrons. The van der Waals surface area contributed by atoms with E-state index in [2.05, 4.69) is 15.7 Å². The van der Waals surface area contributed by atoms with Crippen LogP contribution in [-0.4, -0.2) is 28.1 Å². The summed E-state index contributed by atoms with van der Waals surface area (Å²) in [6.07, 6.45) is 0.471. The number of carbonyl (C=O) groups excluding carboxylic acids is 2. The summed E-state index contributed by atoms with van der Waals surface area (Å²) in [5, 5.41) is 10.7. The van der Waals surface area contributed by atoms with Crippen molar-refractivity contribution in [3.8, 4) is 5.69 Å². The van der Waals surface area contributed by atoms with Gasteiger partial charge in [-0.3, -0.25) is 9.59 Å². The Morgan fingerprint density at radius 1 is 1.21 bits per heavy atom. The van der Waals surface area contributed by atoms with Gasteiger partial charge in [0.15, 0.2) is 5.69 Å².